The molecule has 5 aromatic rings. The molecule has 188 valence electrons. The van der Waals surface area contributed by atoms with Gasteiger partial charge in [-0.05, 0) is 47.2 Å². The molecular weight excluding hydrogens is 473 g/mol. The molecule has 0 aliphatic rings. The number of hydrogen-bond acceptors (Lipinski definition) is 6. The van der Waals surface area contributed by atoms with Gasteiger partial charge in [0.25, 0.3) is 5.91 Å². The summed E-state index contributed by atoms with van der Waals surface area (Å²) in [5.74, 6) is 1.12. The third-order valence-corrected chi connectivity index (χ3v) is 6.12. The Balaban J connectivity index is 1.24. The van der Waals surface area contributed by atoms with Gasteiger partial charge < -0.3 is 20.4 Å². The number of anilines is 1. The predicted molar refractivity (Wildman–Crippen MR) is 138 cm³/mol. The number of rotatable bonds is 8. The van der Waals surface area contributed by atoms with Crippen LogP contribution in [-0.2, 0) is 19.6 Å². The number of ether oxygens (including phenoxy) is 1. The van der Waals surface area contributed by atoms with E-state index in [2.05, 4.69) is 20.4 Å². The van der Waals surface area contributed by atoms with Gasteiger partial charge in [-0.15, -0.1) is 0 Å². The van der Waals surface area contributed by atoms with Crippen LogP contribution in [0.15, 0.2) is 67.3 Å². The molecule has 10 heteroatoms. The van der Waals surface area contributed by atoms with Crippen molar-refractivity contribution in [2.75, 3.05) is 12.8 Å². The van der Waals surface area contributed by atoms with E-state index in [1.165, 1.54) is 12.4 Å². The first-order valence-electron chi connectivity index (χ1n) is 11.7. The van der Waals surface area contributed by atoms with E-state index < -0.39 is 0 Å². The zero-order valence-electron chi connectivity index (χ0n) is 20.5. The van der Waals surface area contributed by atoms with E-state index in [1.54, 1.807) is 24.2 Å². The number of nitrogens with one attached hydrogen (secondary N) is 1. The van der Waals surface area contributed by atoms with Crippen molar-refractivity contribution in [3.05, 3.63) is 101 Å². The van der Waals surface area contributed by atoms with E-state index in [4.69, 9.17) is 10.5 Å². The zero-order chi connectivity index (χ0) is 25.9. The highest BCUT2D eigenvalue weighted by atomic mass is 19.1. The number of methoxy groups -OCH3 is 1. The summed E-state index contributed by atoms with van der Waals surface area (Å²) in [7, 11) is 1.58. The predicted octanol–water partition coefficient (Wildman–Crippen LogP) is 3.69. The lowest BCUT2D eigenvalue weighted by atomic mass is 10.1. The fourth-order valence-electron chi connectivity index (χ4n) is 4.24. The largest absolute Gasteiger partial charge is 0.496 e. The van der Waals surface area contributed by atoms with Crippen LogP contribution in [0.4, 0.5) is 10.2 Å². The number of aromatic nitrogens is 5. The van der Waals surface area contributed by atoms with Gasteiger partial charge in [0.05, 0.1) is 31.4 Å². The Morgan fingerprint density at radius 3 is 2.54 bits per heavy atom. The lowest BCUT2D eigenvalue weighted by Gasteiger charge is -2.11. The van der Waals surface area contributed by atoms with E-state index in [0.717, 1.165) is 33.3 Å². The minimum atomic E-state index is -0.355. The Morgan fingerprint density at radius 2 is 1.84 bits per heavy atom. The van der Waals surface area contributed by atoms with Crippen molar-refractivity contribution in [2.45, 2.75) is 26.6 Å². The highest BCUT2D eigenvalue weighted by Crippen LogP contribution is 2.30. The molecule has 0 radical (unpaired) electrons. The summed E-state index contributed by atoms with van der Waals surface area (Å²) in [5.41, 5.74) is 9.29. The summed E-state index contributed by atoms with van der Waals surface area (Å²) in [6.45, 7) is 3.23. The van der Waals surface area contributed by atoms with Crippen molar-refractivity contribution in [1.82, 2.24) is 29.6 Å². The zero-order valence-corrected chi connectivity index (χ0v) is 20.5. The number of pyridine rings is 1. The molecule has 0 unspecified atom stereocenters. The van der Waals surface area contributed by atoms with E-state index in [-0.39, 0.29) is 11.7 Å². The van der Waals surface area contributed by atoms with Crippen molar-refractivity contribution in [1.29, 1.82) is 0 Å². The van der Waals surface area contributed by atoms with Crippen LogP contribution in [0.3, 0.4) is 0 Å². The molecular formula is C27H26FN7O2. The van der Waals surface area contributed by atoms with Crippen LogP contribution in [0, 0.1) is 12.7 Å². The molecule has 0 atom stereocenters. The number of aryl methyl sites for hydroxylation is 1. The molecule has 1 amide bonds. The Morgan fingerprint density at radius 1 is 1.08 bits per heavy atom. The Bertz CT molecular complexity index is 1570. The molecule has 0 aliphatic carbocycles. The maximum absolute atomic E-state index is 13.1. The highest BCUT2D eigenvalue weighted by Gasteiger charge is 2.14. The van der Waals surface area contributed by atoms with E-state index in [1.807, 2.05) is 54.0 Å². The van der Waals surface area contributed by atoms with Gasteiger partial charge in [0.2, 0.25) is 0 Å². The molecule has 0 spiro atoms. The van der Waals surface area contributed by atoms with Crippen LogP contribution in [0.1, 0.15) is 33.0 Å². The topological polar surface area (TPSA) is 113 Å². The molecule has 3 heterocycles. The maximum atomic E-state index is 13.1. The average molecular weight is 500 g/mol. The first-order chi connectivity index (χ1) is 17.9. The standard InChI is InChI=1S/C27H26FN7O2/c1-17-33-23(16-34(17)13-18-3-5-19(6-4-18)14-35-15-22(28)12-32-35)27(36)31-11-20-9-21-7-8-30-26(29)25(21)24(10-20)37-2/h3-10,12,15-16H,11,13-14H2,1-2H3,(H2,29,30)(H,31,36). The summed E-state index contributed by atoms with van der Waals surface area (Å²) in [5, 5.41) is 8.54. The summed E-state index contributed by atoms with van der Waals surface area (Å²) < 4.78 is 22.1. The molecule has 5 rings (SSSR count). The number of fused-ring (bicyclic) bond motifs is 1. The van der Waals surface area contributed by atoms with Crippen LogP contribution in [0.25, 0.3) is 10.8 Å². The van der Waals surface area contributed by atoms with Crippen molar-refractivity contribution < 1.29 is 13.9 Å². The van der Waals surface area contributed by atoms with Gasteiger partial charge in [0.15, 0.2) is 5.82 Å². The van der Waals surface area contributed by atoms with Gasteiger partial charge in [-0.3, -0.25) is 9.48 Å². The van der Waals surface area contributed by atoms with Crippen LogP contribution in [-0.4, -0.2) is 37.3 Å². The lowest BCUT2D eigenvalue weighted by molar-refractivity contribution is 0.0946. The van der Waals surface area contributed by atoms with Crippen LogP contribution in [0.2, 0.25) is 0 Å². The summed E-state index contributed by atoms with van der Waals surface area (Å²) in [4.78, 5) is 21.4. The number of nitrogens with two attached hydrogens (primary N) is 1. The minimum absolute atomic E-state index is 0.267. The van der Waals surface area contributed by atoms with Crippen molar-refractivity contribution >= 4 is 22.5 Å². The number of benzene rings is 2. The first kappa shape index (κ1) is 24.0. The van der Waals surface area contributed by atoms with Gasteiger partial charge in [-0.2, -0.15) is 5.10 Å². The van der Waals surface area contributed by atoms with E-state index in [0.29, 0.717) is 36.9 Å². The van der Waals surface area contributed by atoms with E-state index in [9.17, 15) is 9.18 Å². The molecule has 37 heavy (non-hydrogen) atoms. The normalized spacial score (nSPS) is 11.1. The second-order valence-corrected chi connectivity index (χ2v) is 8.75. The second kappa shape index (κ2) is 10.1. The average Bonchev–Trinajstić information content (AvgIpc) is 3.47. The summed E-state index contributed by atoms with van der Waals surface area (Å²) >= 11 is 0. The summed E-state index contributed by atoms with van der Waals surface area (Å²) in [6.07, 6.45) is 5.94. The molecule has 0 saturated heterocycles. The molecule has 9 nitrogen and oxygen atoms in total. The quantitative estimate of drug-likeness (QED) is 0.337. The third-order valence-electron chi connectivity index (χ3n) is 6.12. The number of imidazole rings is 1. The van der Waals surface area contributed by atoms with Crippen LogP contribution in [0.5, 0.6) is 5.75 Å². The number of carbonyl (C=O) groups excluding carboxylic acids is 1. The highest BCUT2D eigenvalue weighted by molar-refractivity contribution is 5.97. The monoisotopic (exact) mass is 499 g/mol. The third kappa shape index (κ3) is 5.27. The van der Waals surface area contributed by atoms with Gasteiger partial charge >= 0.3 is 0 Å². The van der Waals surface area contributed by atoms with Gasteiger partial charge in [-0.1, -0.05) is 24.3 Å². The van der Waals surface area contributed by atoms with Crippen LogP contribution >= 0.6 is 0 Å². The summed E-state index contributed by atoms with van der Waals surface area (Å²) in [6, 6.07) is 13.6. The molecule has 3 aromatic heterocycles. The van der Waals surface area contributed by atoms with E-state index >= 15 is 0 Å². The molecule has 3 N–H and O–H groups in total. The number of halogens is 1. The number of amides is 1. The minimum Gasteiger partial charge on any atom is -0.496 e. The van der Waals surface area contributed by atoms with Crippen molar-refractivity contribution in [2.24, 2.45) is 0 Å². The van der Waals surface area contributed by atoms with Crippen molar-refractivity contribution in [3.8, 4) is 5.75 Å². The smallest absolute Gasteiger partial charge is 0.271 e. The SMILES string of the molecule is COc1cc(CNC(=O)c2cn(Cc3ccc(Cn4cc(F)cn4)cc3)c(C)n2)cc2ccnc(N)c12. The molecule has 0 aliphatic heterocycles. The Hall–Kier alpha value is -4.73. The Kier molecular flexibility index (Phi) is 6.55. The van der Waals surface area contributed by atoms with Crippen LogP contribution < -0.4 is 15.8 Å². The van der Waals surface area contributed by atoms with Gasteiger partial charge in [0, 0.05) is 25.5 Å². The molecule has 0 bridgehead atoms. The maximum Gasteiger partial charge on any atom is 0.271 e. The fraction of sp³-hybridized carbons (Fsp3) is 0.185. The number of nitrogen functional groups attached to an aromatic ring is 1. The van der Waals surface area contributed by atoms with Crippen molar-refractivity contribution in [3.63, 3.8) is 0 Å². The number of hydrogen-bond donors (Lipinski definition) is 2. The number of nitrogens with zero attached hydrogens (tertiary/aromatic N) is 5. The number of carbonyl (C=O) groups is 1. The fourth-order valence-corrected chi connectivity index (χ4v) is 4.24. The first-order valence-corrected chi connectivity index (χ1v) is 11.7. The molecule has 0 saturated carbocycles. The molecule has 0 fully saturated rings. The second-order valence-electron chi connectivity index (χ2n) is 8.75. The molecule has 2 aromatic carbocycles. The Labute approximate surface area is 212 Å². The lowest BCUT2D eigenvalue weighted by Crippen LogP contribution is -2.23. The van der Waals surface area contributed by atoms with Gasteiger partial charge in [-0.25, -0.2) is 14.4 Å². The van der Waals surface area contributed by atoms with Gasteiger partial charge in [0.1, 0.15) is 23.1 Å².